The monoisotopic (exact) mass is 316 g/mol. The molecule has 8 heteroatoms. The molecule has 1 amide bonds. The molecule has 6 nitrogen and oxygen atoms in total. The van der Waals surface area contributed by atoms with Crippen LogP contribution in [0, 0.1) is 11.6 Å². The molecular weight excluding hydrogens is 298 g/mol. The Balaban J connectivity index is 1.84. The van der Waals surface area contributed by atoms with Gasteiger partial charge in [-0.1, -0.05) is 6.07 Å². The summed E-state index contributed by atoms with van der Waals surface area (Å²) in [6.45, 7) is -0.297. The van der Waals surface area contributed by atoms with Crippen LogP contribution in [0.25, 0.3) is 0 Å². The van der Waals surface area contributed by atoms with Crippen molar-refractivity contribution in [2.24, 2.45) is 0 Å². The zero-order valence-electron chi connectivity index (χ0n) is 11.7. The number of hydrogen-bond donors (Lipinski definition) is 5. The van der Waals surface area contributed by atoms with E-state index in [1.165, 1.54) is 6.07 Å². The summed E-state index contributed by atoms with van der Waals surface area (Å²) in [6.07, 6.45) is -2.36. The van der Waals surface area contributed by atoms with Gasteiger partial charge in [-0.25, -0.2) is 8.78 Å². The Labute approximate surface area is 125 Å². The first kappa shape index (κ1) is 16.8. The highest BCUT2D eigenvalue weighted by Gasteiger charge is 2.40. The van der Waals surface area contributed by atoms with Crippen molar-refractivity contribution in [3.8, 4) is 0 Å². The standard InChI is InChI=1S/C14H18F2N2O4/c15-8-2-1-7(3-9(8)16)4-12(20)17-5-10-13(21)14(22)11(6-19)18-10/h1-3,10-11,13-14,18-19,21-22H,4-6H2,(H,17,20)/t10-,11+,13+,14-/m0/s1. The minimum absolute atomic E-state index is 0.0389. The molecule has 0 bridgehead atoms. The summed E-state index contributed by atoms with van der Waals surface area (Å²) in [5, 5.41) is 33.7. The first-order chi connectivity index (χ1) is 10.4. The van der Waals surface area contributed by atoms with E-state index in [9.17, 15) is 23.8 Å². The molecule has 0 saturated carbocycles. The number of hydrogen-bond acceptors (Lipinski definition) is 5. The molecule has 1 aliphatic heterocycles. The van der Waals surface area contributed by atoms with Gasteiger partial charge in [0.05, 0.1) is 37.3 Å². The maximum Gasteiger partial charge on any atom is 0.224 e. The Hall–Kier alpha value is -1.61. The predicted octanol–water partition coefficient (Wildman–Crippen LogP) is -1.32. The van der Waals surface area contributed by atoms with Crippen molar-refractivity contribution < 1.29 is 28.9 Å². The largest absolute Gasteiger partial charge is 0.395 e. The van der Waals surface area contributed by atoms with Gasteiger partial charge in [0.2, 0.25) is 5.91 Å². The van der Waals surface area contributed by atoms with Gasteiger partial charge in [0.25, 0.3) is 0 Å². The van der Waals surface area contributed by atoms with Gasteiger partial charge in [0, 0.05) is 6.54 Å². The van der Waals surface area contributed by atoms with Gasteiger partial charge in [-0.15, -0.1) is 0 Å². The Morgan fingerprint density at radius 1 is 1.18 bits per heavy atom. The van der Waals surface area contributed by atoms with E-state index in [1.54, 1.807) is 0 Å². The van der Waals surface area contributed by atoms with Crippen molar-refractivity contribution in [3.63, 3.8) is 0 Å². The number of benzene rings is 1. The van der Waals surface area contributed by atoms with Gasteiger partial charge >= 0.3 is 0 Å². The molecule has 0 spiro atoms. The van der Waals surface area contributed by atoms with Gasteiger partial charge in [-0.3, -0.25) is 4.79 Å². The van der Waals surface area contributed by atoms with Gasteiger partial charge in [0.15, 0.2) is 11.6 Å². The van der Waals surface area contributed by atoms with Crippen LogP contribution in [-0.4, -0.2) is 58.7 Å². The van der Waals surface area contributed by atoms with Crippen LogP contribution in [0.2, 0.25) is 0 Å². The fraction of sp³-hybridized carbons (Fsp3) is 0.500. The molecule has 122 valence electrons. The number of nitrogens with one attached hydrogen (secondary N) is 2. The van der Waals surface area contributed by atoms with E-state index in [0.29, 0.717) is 5.56 Å². The summed E-state index contributed by atoms with van der Waals surface area (Å²) in [6, 6.07) is 1.96. The second kappa shape index (κ2) is 7.10. The summed E-state index contributed by atoms with van der Waals surface area (Å²) in [7, 11) is 0. The summed E-state index contributed by atoms with van der Waals surface area (Å²) in [4.78, 5) is 11.8. The van der Waals surface area contributed by atoms with Crippen LogP contribution in [0.1, 0.15) is 5.56 Å². The Morgan fingerprint density at radius 3 is 2.45 bits per heavy atom. The molecule has 22 heavy (non-hydrogen) atoms. The minimum Gasteiger partial charge on any atom is -0.395 e. The Bertz CT molecular complexity index is 544. The van der Waals surface area contributed by atoms with Crippen molar-refractivity contribution in [2.45, 2.75) is 30.7 Å². The van der Waals surface area contributed by atoms with Crippen molar-refractivity contribution in [1.29, 1.82) is 0 Å². The summed E-state index contributed by atoms with van der Waals surface area (Å²) < 4.78 is 25.8. The molecule has 1 fully saturated rings. The molecule has 2 rings (SSSR count). The maximum atomic E-state index is 13.0. The summed E-state index contributed by atoms with van der Waals surface area (Å²) in [5.74, 6) is -2.43. The first-order valence-corrected chi connectivity index (χ1v) is 6.86. The lowest BCUT2D eigenvalue weighted by Crippen LogP contribution is -2.44. The van der Waals surface area contributed by atoms with E-state index in [-0.39, 0.29) is 19.6 Å². The molecule has 1 heterocycles. The fourth-order valence-electron chi connectivity index (χ4n) is 2.41. The van der Waals surface area contributed by atoms with E-state index < -0.39 is 41.8 Å². The quantitative estimate of drug-likeness (QED) is 0.464. The third-order valence-corrected chi connectivity index (χ3v) is 3.67. The molecule has 1 aliphatic rings. The van der Waals surface area contributed by atoms with Gasteiger partial charge in [-0.2, -0.15) is 0 Å². The van der Waals surface area contributed by atoms with Crippen molar-refractivity contribution in [2.75, 3.05) is 13.2 Å². The topological polar surface area (TPSA) is 102 Å². The van der Waals surface area contributed by atoms with Crippen LogP contribution in [0.15, 0.2) is 18.2 Å². The number of rotatable bonds is 5. The number of aliphatic hydroxyl groups is 3. The normalized spacial score (nSPS) is 27.9. The number of halogens is 2. The maximum absolute atomic E-state index is 13.0. The van der Waals surface area contributed by atoms with Gasteiger partial charge < -0.3 is 26.0 Å². The highest BCUT2D eigenvalue weighted by molar-refractivity contribution is 5.78. The van der Waals surface area contributed by atoms with E-state index >= 15 is 0 Å². The number of carbonyl (C=O) groups excluding carboxylic acids is 1. The highest BCUT2D eigenvalue weighted by atomic mass is 19.2. The molecule has 0 aromatic heterocycles. The zero-order chi connectivity index (χ0) is 16.3. The average molecular weight is 316 g/mol. The Kier molecular flexibility index (Phi) is 5.41. The van der Waals surface area contributed by atoms with Crippen LogP contribution in [0.5, 0.6) is 0 Å². The number of amides is 1. The second-order valence-corrected chi connectivity index (χ2v) is 5.27. The third kappa shape index (κ3) is 3.77. The molecule has 1 aromatic carbocycles. The molecular formula is C14H18F2N2O4. The molecule has 5 N–H and O–H groups in total. The summed E-state index contributed by atoms with van der Waals surface area (Å²) in [5.41, 5.74) is 0.324. The van der Waals surface area contributed by atoms with Crippen LogP contribution < -0.4 is 10.6 Å². The lowest BCUT2D eigenvalue weighted by Gasteiger charge is -2.16. The van der Waals surface area contributed by atoms with Crippen LogP contribution in [-0.2, 0) is 11.2 Å². The van der Waals surface area contributed by atoms with Crippen LogP contribution in [0.4, 0.5) is 8.78 Å². The summed E-state index contributed by atoms with van der Waals surface area (Å²) >= 11 is 0. The van der Waals surface area contributed by atoms with Crippen LogP contribution in [0.3, 0.4) is 0 Å². The number of aliphatic hydroxyl groups excluding tert-OH is 3. The minimum atomic E-state index is -1.11. The smallest absolute Gasteiger partial charge is 0.224 e. The van der Waals surface area contributed by atoms with Crippen LogP contribution >= 0.6 is 0 Å². The number of carbonyl (C=O) groups is 1. The zero-order valence-corrected chi connectivity index (χ0v) is 11.7. The van der Waals surface area contributed by atoms with E-state index in [2.05, 4.69) is 10.6 Å². The molecule has 0 aliphatic carbocycles. The van der Waals surface area contributed by atoms with Gasteiger partial charge in [0.1, 0.15) is 0 Å². The molecule has 1 aromatic rings. The average Bonchev–Trinajstić information content (AvgIpc) is 2.76. The highest BCUT2D eigenvalue weighted by Crippen LogP contribution is 2.14. The van der Waals surface area contributed by atoms with Crippen molar-refractivity contribution in [1.82, 2.24) is 10.6 Å². The van der Waals surface area contributed by atoms with E-state index in [1.807, 2.05) is 0 Å². The van der Waals surface area contributed by atoms with Crippen molar-refractivity contribution >= 4 is 5.91 Å². The lowest BCUT2D eigenvalue weighted by molar-refractivity contribution is -0.120. The predicted molar refractivity (Wildman–Crippen MR) is 72.9 cm³/mol. The van der Waals surface area contributed by atoms with E-state index in [4.69, 9.17) is 5.11 Å². The molecule has 0 radical (unpaired) electrons. The first-order valence-electron chi connectivity index (χ1n) is 6.86. The molecule has 0 unspecified atom stereocenters. The van der Waals surface area contributed by atoms with Gasteiger partial charge in [-0.05, 0) is 17.7 Å². The molecule has 4 atom stereocenters. The fourth-order valence-corrected chi connectivity index (χ4v) is 2.41. The SMILES string of the molecule is O=C(Cc1ccc(F)c(F)c1)NC[C@@H]1N[C@H](CO)[C@H](O)[C@@H]1O. The molecule has 1 saturated heterocycles. The lowest BCUT2D eigenvalue weighted by atomic mass is 10.1. The Morgan fingerprint density at radius 2 is 1.86 bits per heavy atom. The van der Waals surface area contributed by atoms with E-state index in [0.717, 1.165) is 12.1 Å². The second-order valence-electron chi connectivity index (χ2n) is 5.27. The third-order valence-electron chi connectivity index (χ3n) is 3.67. The van der Waals surface area contributed by atoms with Crippen molar-refractivity contribution in [3.05, 3.63) is 35.4 Å².